The minimum absolute atomic E-state index is 0.0580. The summed E-state index contributed by atoms with van der Waals surface area (Å²) in [5.41, 5.74) is 9.49. The lowest BCUT2D eigenvalue weighted by Gasteiger charge is -2.04. The van der Waals surface area contributed by atoms with Crippen molar-refractivity contribution in [3.63, 3.8) is 0 Å². The van der Waals surface area contributed by atoms with E-state index >= 15 is 0 Å². The lowest BCUT2D eigenvalue weighted by Crippen LogP contribution is -2.21. The predicted molar refractivity (Wildman–Crippen MR) is 96.6 cm³/mol. The summed E-state index contributed by atoms with van der Waals surface area (Å²) in [7, 11) is 0. The van der Waals surface area contributed by atoms with Gasteiger partial charge in [-0.15, -0.1) is 16.4 Å². The van der Waals surface area contributed by atoms with E-state index in [1.165, 1.54) is 16.0 Å². The van der Waals surface area contributed by atoms with Crippen molar-refractivity contribution in [2.24, 2.45) is 5.10 Å². The van der Waals surface area contributed by atoms with Crippen LogP contribution in [-0.4, -0.2) is 36.9 Å². The number of thiophene rings is 1. The molecule has 0 aliphatic carbocycles. The fraction of sp³-hybridized carbons (Fsp3) is 0.286. The van der Waals surface area contributed by atoms with Gasteiger partial charge in [-0.05, 0) is 35.8 Å². The molecule has 136 valence electrons. The molecule has 0 bridgehead atoms. The molecule has 0 aromatic carbocycles. The highest BCUT2D eigenvalue weighted by Crippen LogP contribution is 2.22. The van der Waals surface area contributed by atoms with E-state index in [1.807, 2.05) is 13.0 Å². The second-order valence-corrected chi connectivity index (χ2v) is 6.98. The third-order valence-electron chi connectivity index (χ3n) is 3.42. The van der Waals surface area contributed by atoms with Crippen LogP contribution < -0.4 is 11.2 Å². The van der Waals surface area contributed by atoms with E-state index in [0.29, 0.717) is 22.2 Å². The molecule has 0 spiro atoms. The zero-order valence-corrected chi connectivity index (χ0v) is 15.5. The summed E-state index contributed by atoms with van der Waals surface area (Å²) < 4.78 is 6.58. The summed E-state index contributed by atoms with van der Waals surface area (Å²) in [4.78, 5) is 13.4. The van der Waals surface area contributed by atoms with E-state index in [2.05, 4.69) is 35.8 Å². The summed E-state index contributed by atoms with van der Waals surface area (Å²) in [6.45, 7) is 3.74. The van der Waals surface area contributed by atoms with Crippen molar-refractivity contribution in [2.45, 2.75) is 26.7 Å². The third-order valence-corrected chi connectivity index (χ3v) is 4.76. The molecular formula is C14H15ClN8O2S. The molecule has 3 aromatic rings. The Bertz CT molecular complexity index is 960. The Labute approximate surface area is 157 Å². The van der Waals surface area contributed by atoms with E-state index in [4.69, 9.17) is 17.3 Å². The number of halogens is 1. The number of rotatable bonds is 6. The monoisotopic (exact) mass is 394 g/mol. The zero-order chi connectivity index (χ0) is 18.7. The van der Waals surface area contributed by atoms with E-state index < -0.39 is 5.91 Å². The van der Waals surface area contributed by atoms with Gasteiger partial charge in [-0.1, -0.05) is 30.2 Å². The molecule has 26 heavy (non-hydrogen) atoms. The highest BCUT2D eigenvalue weighted by molar-refractivity contribution is 7.18. The molecule has 0 atom stereocenters. The molecule has 0 radical (unpaired) electrons. The Morgan fingerprint density at radius 1 is 1.46 bits per heavy atom. The van der Waals surface area contributed by atoms with Crippen LogP contribution in [0.25, 0.3) is 5.82 Å². The van der Waals surface area contributed by atoms with Crippen LogP contribution in [0.2, 0.25) is 4.34 Å². The summed E-state index contributed by atoms with van der Waals surface area (Å²) in [5, 5.41) is 19.2. The van der Waals surface area contributed by atoms with E-state index in [0.717, 1.165) is 11.3 Å². The number of hydrogen-bond donors (Lipinski definition) is 2. The maximum atomic E-state index is 12.5. The maximum Gasteiger partial charge on any atom is 0.293 e. The van der Waals surface area contributed by atoms with E-state index in [9.17, 15) is 4.79 Å². The van der Waals surface area contributed by atoms with Crippen LogP contribution in [0.4, 0.5) is 5.82 Å². The topological polar surface area (TPSA) is 137 Å². The number of hydrogen-bond acceptors (Lipinski definition) is 9. The molecule has 0 unspecified atom stereocenters. The number of nitrogens with zero attached hydrogens (tertiary/aromatic N) is 6. The lowest BCUT2D eigenvalue weighted by atomic mass is 10.2. The van der Waals surface area contributed by atoms with Crippen LogP contribution in [0.5, 0.6) is 0 Å². The maximum absolute atomic E-state index is 12.5. The summed E-state index contributed by atoms with van der Waals surface area (Å²) in [6.07, 6.45) is 1.29. The first-order valence-corrected chi connectivity index (χ1v) is 8.84. The SMILES string of the molecule is CCCc1c(C(=O)N/N=C(\C)c2ccc(Cl)s2)nnn1-c1nonc1N. The Morgan fingerprint density at radius 2 is 2.27 bits per heavy atom. The van der Waals surface area contributed by atoms with Gasteiger partial charge in [-0.3, -0.25) is 4.79 Å². The quantitative estimate of drug-likeness (QED) is 0.482. The molecular weight excluding hydrogens is 380 g/mol. The van der Waals surface area contributed by atoms with Crippen molar-refractivity contribution in [3.05, 3.63) is 32.7 Å². The van der Waals surface area contributed by atoms with Gasteiger partial charge in [-0.2, -0.15) is 9.78 Å². The standard InChI is InChI=1S/C14H15ClN8O2S/c1-3-4-8-11(18-22-23(8)13-12(16)20-25-21-13)14(24)19-17-7(2)9-5-6-10(15)26-9/h5-6H,3-4H2,1-2H3,(H2,16,20)(H,19,24)/b17-7+. The van der Waals surface area contributed by atoms with Crippen molar-refractivity contribution in [1.82, 2.24) is 30.7 Å². The third kappa shape index (κ3) is 3.58. The number of anilines is 1. The number of carbonyl (C=O) groups is 1. The first-order valence-electron chi connectivity index (χ1n) is 7.64. The van der Waals surface area contributed by atoms with Crippen LogP contribution >= 0.6 is 22.9 Å². The van der Waals surface area contributed by atoms with Crippen molar-refractivity contribution in [3.8, 4) is 5.82 Å². The van der Waals surface area contributed by atoms with Crippen molar-refractivity contribution >= 4 is 40.4 Å². The van der Waals surface area contributed by atoms with Gasteiger partial charge in [0.1, 0.15) is 0 Å². The van der Waals surface area contributed by atoms with Gasteiger partial charge in [-0.25, -0.2) is 10.1 Å². The predicted octanol–water partition coefficient (Wildman–Crippen LogP) is 2.05. The van der Waals surface area contributed by atoms with Crippen LogP contribution in [0.1, 0.15) is 41.3 Å². The Kier molecular flexibility index (Phi) is 5.28. The minimum Gasteiger partial charge on any atom is -0.378 e. The molecule has 1 amide bonds. The normalized spacial score (nSPS) is 11.7. The summed E-state index contributed by atoms with van der Waals surface area (Å²) >= 11 is 7.28. The lowest BCUT2D eigenvalue weighted by molar-refractivity contribution is 0.0948. The molecule has 0 saturated heterocycles. The Balaban J connectivity index is 1.85. The average Bonchev–Trinajstić information content (AvgIpc) is 3.33. The molecule has 0 aliphatic heterocycles. The second kappa shape index (κ2) is 7.62. The molecule has 10 nitrogen and oxygen atoms in total. The first-order chi connectivity index (χ1) is 12.5. The Hall–Kier alpha value is -2.79. The van der Waals surface area contributed by atoms with E-state index in [1.54, 1.807) is 13.0 Å². The van der Waals surface area contributed by atoms with E-state index in [-0.39, 0.29) is 17.3 Å². The van der Waals surface area contributed by atoms with Gasteiger partial charge in [0.2, 0.25) is 11.6 Å². The Morgan fingerprint density at radius 3 is 2.88 bits per heavy atom. The molecule has 3 heterocycles. The van der Waals surface area contributed by atoms with Gasteiger partial charge in [0.25, 0.3) is 5.91 Å². The fourth-order valence-corrected chi connectivity index (χ4v) is 3.19. The van der Waals surface area contributed by atoms with Gasteiger partial charge in [0.05, 0.1) is 20.6 Å². The first kappa shape index (κ1) is 18.0. The number of nitrogens with one attached hydrogen (secondary N) is 1. The molecule has 3 N–H and O–H groups in total. The van der Waals surface area contributed by atoms with Gasteiger partial charge >= 0.3 is 0 Å². The van der Waals surface area contributed by atoms with Gasteiger partial charge in [0, 0.05) is 0 Å². The smallest absolute Gasteiger partial charge is 0.293 e. The van der Waals surface area contributed by atoms with Gasteiger partial charge in [0.15, 0.2) is 5.69 Å². The molecule has 0 fully saturated rings. The highest BCUT2D eigenvalue weighted by atomic mass is 35.5. The molecule has 0 aliphatic rings. The number of nitrogens with two attached hydrogens (primary N) is 1. The van der Waals surface area contributed by atoms with Crippen LogP contribution in [-0.2, 0) is 6.42 Å². The second-order valence-electron chi connectivity index (χ2n) is 5.26. The van der Waals surface area contributed by atoms with Crippen molar-refractivity contribution < 1.29 is 9.42 Å². The van der Waals surface area contributed by atoms with Crippen LogP contribution in [0.3, 0.4) is 0 Å². The summed E-state index contributed by atoms with van der Waals surface area (Å²) in [6, 6.07) is 3.60. The van der Waals surface area contributed by atoms with Crippen molar-refractivity contribution in [2.75, 3.05) is 5.73 Å². The number of nitrogen functional groups attached to an aromatic ring is 1. The molecule has 0 saturated carbocycles. The van der Waals surface area contributed by atoms with Crippen LogP contribution in [0, 0.1) is 0 Å². The van der Waals surface area contributed by atoms with Crippen LogP contribution in [0.15, 0.2) is 21.9 Å². The zero-order valence-electron chi connectivity index (χ0n) is 13.9. The minimum atomic E-state index is -0.489. The molecule has 12 heteroatoms. The number of carbonyl (C=O) groups excluding carboxylic acids is 1. The fourth-order valence-electron chi connectivity index (χ4n) is 2.20. The van der Waals surface area contributed by atoms with Crippen molar-refractivity contribution in [1.29, 1.82) is 0 Å². The average molecular weight is 395 g/mol. The molecule has 3 aromatic heterocycles. The summed E-state index contributed by atoms with van der Waals surface area (Å²) in [5.74, 6) is -0.243. The number of amides is 1. The highest BCUT2D eigenvalue weighted by Gasteiger charge is 2.23. The largest absolute Gasteiger partial charge is 0.378 e. The number of hydrazone groups is 1. The number of aromatic nitrogens is 5. The van der Waals surface area contributed by atoms with Gasteiger partial charge < -0.3 is 5.73 Å². The molecule has 3 rings (SSSR count).